The van der Waals surface area contributed by atoms with Crippen LogP contribution in [0.15, 0.2) is 66.7 Å². The van der Waals surface area contributed by atoms with Crippen molar-refractivity contribution in [2.75, 3.05) is 0 Å². The lowest BCUT2D eigenvalue weighted by Crippen LogP contribution is -2.54. The van der Waals surface area contributed by atoms with E-state index < -0.39 is 29.4 Å². The van der Waals surface area contributed by atoms with Crippen molar-refractivity contribution in [3.8, 4) is 10.4 Å². The summed E-state index contributed by atoms with van der Waals surface area (Å²) >= 11 is 7.26. The molecule has 0 aliphatic rings. The first-order valence-corrected chi connectivity index (χ1v) is 12.1. The average Bonchev–Trinajstić information content (AvgIpc) is 3.28. The Morgan fingerprint density at radius 3 is 2.32 bits per heavy atom. The SMILES string of the molecule is CC(C)(Cc1ccc(Cl)cc1)NC(=O)[C@H](CCC(=O)O)NC(=O)c1ccc(-c2ccccc2)s1. The van der Waals surface area contributed by atoms with Crippen molar-refractivity contribution in [3.63, 3.8) is 0 Å². The molecule has 0 saturated carbocycles. The van der Waals surface area contributed by atoms with Crippen LogP contribution in [0.4, 0.5) is 0 Å². The second-order valence-electron chi connectivity index (χ2n) is 8.66. The quantitative estimate of drug-likeness (QED) is 0.359. The van der Waals surface area contributed by atoms with Crippen molar-refractivity contribution >= 4 is 40.7 Å². The average molecular weight is 499 g/mol. The summed E-state index contributed by atoms with van der Waals surface area (Å²) in [6.45, 7) is 3.75. The highest BCUT2D eigenvalue weighted by Gasteiger charge is 2.28. The predicted octanol–water partition coefficient (Wildman–Crippen LogP) is 5.17. The van der Waals surface area contributed by atoms with Crippen LogP contribution in [0.3, 0.4) is 0 Å². The van der Waals surface area contributed by atoms with Gasteiger partial charge in [-0.3, -0.25) is 14.4 Å². The molecule has 3 aromatic rings. The van der Waals surface area contributed by atoms with Gasteiger partial charge in [0.2, 0.25) is 5.91 Å². The van der Waals surface area contributed by atoms with Gasteiger partial charge in [-0.15, -0.1) is 11.3 Å². The Morgan fingerprint density at radius 2 is 1.68 bits per heavy atom. The van der Waals surface area contributed by atoms with Crippen LogP contribution in [0.25, 0.3) is 10.4 Å². The van der Waals surface area contributed by atoms with Crippen LogP contribution in [-0.4, -0.2) is 34.5 Å². The molecule has 0 aliphatic heterocycles. The van der Waals surface area contributed by atoms with E-state index in [-0.39, 0.29) is 12.8 Å². The lowest BCUT2D eigenvalue weighted by Gasteiger charge is -2.29. The number of nitrogens with one attached hydrogen (secondary N) is 2. The number of rotatable bonds is 10. The highest BCUT2D eigenvalue weighted by Crippen LogP contribution is 2.28. The summed E-state index contributed by atoms with van der Waals surface area (Å²) in [5.41, 5.74) is 1.36. The van der Waals surface area contributed by atoms with Gasteiger partial charge in [-0.05, 0) is 62.1 Å². The number of carbonyl (C=O) groups is 3. The zero-order valence-corrected chi connectivity index (χ0v) is 20.6. The molecule has 0 spiro atoms. The van der Waals surface area contributed by atoms with E-state index >= 15 is 0 Å². The summed E-state index contributed by atoms with van der Waals surface area (Å²) in [6.07, 6.45) is 0.289. The van der Waals surface area contributed by atoms with E-state index in [1.165, 1.54) is 11.3 Å². The third-order valence-corrected chi connectivity index (χ3v) is 6.56. The number of thiophene rings is 1. The zero-order valence-electron chi connectivity index (χ0n) is 19.0. The van der Waals surface area contributed by atoms with Crippen LogP contribution in [0, 0.1) is 0 Å². The summed E-state index contributed by atoms with van der Waals surface area (Å²) in [5.74, 6) is -1.86. The van der Waals surface area contributed by atoms with Gasteiger partial charge in [0.25, 0.3) is 5.91 Å². The van der Waals surface area contributed by atoms with Crippen LogP contribution in [0.1, 0.15) is 41.9 Å². The molecule has 0 aliphatic carbocycles. The molecule has 8 heteroatoms. The van der Waals surface area contributed by atoms with E-state index in [1.807, 2.05) is 62.4 Å². The number of halogens is 1. The first-order valence-electron chi connectivity index (χ1n) is 10.9. The molecule has 0 bridgehead atoms. The van der Waals surface area contributed by atoms with Crippen molar-refractivity contribution in [3.05, 3.63) is 82.2 Å². The summed E-state index contributed by atoms with van der Waals surface area (Å²) in [7, 11) is 0. The van der Waals surface area contributed by atoms with Crippen molar-refractivity contribution in [2.24, 2.45) is 0 Å². The fourth-order valence-electron chi connectivity index (χ4n) is 3.56. The van der Waals surface area contributed by atoms with Crippen molar-refractivity contribution < 1.29 is 19.5 Å². The Hall–Kier alpha value is -3.16. The molecule has 178 valence electrons. The molecule has 2 amide bonds. The van der Waals surface area contributed by atoms with E-state index in [9.17, 15) is 14.4 Å². The Bertz CT molecular complexity index is 1140. The van der Waals surface area contributed by atoms with Gasteiger partial charge in [0.15, 0.2) is 0 Å². The predicted molar refractivity (Wildman–Crippen MR) is 135 cm³/mol. The van der Waals surface area contributed by atoms with Gasteiger partial charge in [-0.25, -0.2) is 0 Å². The van der Waals surface area contributed by atoms with Gasteiger partial charge in [-0.1, -0.05) is 54.1 Å². The first-order chi connectivity index (χ1) is 16.1. The standard InChI is InChI=1S/C26H27ClN2O4S/c1-26(2,16-17-8-10-19(27)11-9-17)29-24(32)20(12-15-23(30)31)28-25(33)22-14-13-21(34-22)18-6-4-3-5-7-18/h3-11,13-14,20H,12,15-16H2,1-2H3,(H,28,33)(H,29,32)(H,30,31)/t20-/m0/s1. The smallest absolute Gasteiger partial charge is 0.303 e. The van der Waals surface area contributed by atoms with Crippen molar-refractivity contribution in [1.82, 2.24) is 10.6 Å². The summed E-state index contributed by atoms with van der Waals surface area (Å²) in [5, 5.41) is 15.4. The van der Waals surface area contributed by atoms with E-state index in [0.29, 0.717) is 16.3 Å². The minimum absolute atomic E-state index is 0.0130. The summed E-state index contributed by atoms with van der Waals surface area (Å²) in [4.78, 5) is 38.5. The van der Waals surface area contributed by atoms with Crippen molar-refractivity contribution in [1.29, 1.82) is 0 Å². The number of hydrogen-bond donors (Lipinski definition) is 3. The largest absolute Gasteiger partial charge is 0.481 e. The molecule has 6 nitrogen and oxygen atoms in total. The Morgan fingerprint density at radius 1 is 1.00 bits per heavy atom. The number of amides is 2. The third kappa shape index (κ3) is 7.43. The van der Waals surface area contributed by atoms with Gasteiger partial charge >= 0.3 is 5.97 Å². The van der Waals surface area contributed by atoms with E-state index in [0.717, 1.165) is 16.0 Å². The molecular weight excluding hydrogens is 472 g/mol. The van der Waals surface area contributed by atoms with Gasteiger partial charge in [0.1, 0.15) is 6.04 Å². The molecule has 0 fully saturated rings. The van der Waals surface area contributed by atoms with Crippen LogP contribution >= 0.6 is 22.9 Å². The van der Waals surface area contributed by atoms with Crippen LogP contribution in [0.2, 0.25) is 5.02 Å². The molecule has 2 aromatic carbocycles. The lowest BCUT2D eigenvalue weighted by molar-refractivity contribution is -0.137. The maximum atomic E-state index is 13.1. The first kappa shape index (κ1) is 25.5. The minimum Gasteiger partial charge on any atom is -0.481 e. The number of carbonyl (C=O) groups excluding carboxylic acids is 2. The molecule has 0 saturated heterocycles. The number of benzene rings is 2. The minimum atomic E-state index is -1.03. The Labute approximate surface area is 208 Å². The highest BCUT2D eigenvalue weighted by molar-refractivity contribution is 7.17. The molecule has 3 N–H and O–H groups in total. The van der Waals surface area contributed by atoms with E-state index in [4.69, 9.17) is 16.7 Å². The fraction of sp³-hybridized carbons (Fsp3) is 0.269. The second-order valence-corrected chi connectivity index (χ2v) is 10.2. The van der Waals surface area contributed by atoms with E-state index in [1.54, 1.807) is 18.2 Å². The molecule has 0 unspecified atom stereocenters. The zero-order chi connectivity index (χ0) is 24.7. The highest BCUT2D eigenvalue weighted by atomic mass is 35.5. The molecule has 1 aromatic heterocycles. The molecule has 34 heavy (non-hydrogen) atoms. The Kier molecular flexibility index (Phi) is 8.47. The van der Waals surface area contributed by atoms with Gasteiger partial charge < -0.3 is 15.7 Å². The lowest BCUT2D eigenvalue weighted by atomic mass is 9.94. The van der Waals surface area contributed by atoms with E-state index in [2.05, 4.69) is 10.6 Å². The topological polar surface area (TPSA) is 95.5 Å². The van der Waals surface area contributed by atoms with Gasteiger partial charge in [0, 0.05) is 21.9 Å². The van der Waals surface area contributed by atoms with Gasteiger partial charge in [-0.2, -0.15) is 0 Å². The second kappa shape index (κ2) is 11.3. The monoisotopic (exact) mass is 498 g/mol. The molecule has 3 rings (SSSR count). The number of hydrogen-bond acceptors (Lipinski definition) is 4. The van der Waals surface area contributed by atoms with Crippen LogP contribution in [0.5, 0.6) is 0 Å². The number of carboxylic acids is 1. The summed E-state index contributed by atoms with van der Waals surface area (Å²) in [6, 6.07) is 19.6. The van der Waals surface area contributed by atoms with Crippen molar-refractivity contribution in [2.45, 2.75) is 44.7 Å². The maximum Gasteiger partial charge on any atom is 0.303 e. The third-order valence-electron chi connectivity index (χ3n) is 5.18. The maximum absolute atomic E-state index is 13.1. The summed E-state index contributed by atoms with van der Waals surface area (Å²) < 4.78 is 0. The molecule has 0 radical (unpaired) electrons. The van der Waals surface area contributed by atoms with Gasteiger partial charge in [0.05, 0.1) is 4.88 Å². The Balaban J connectivity index is 1.69. The molecular formula is C26H27ClN2O4S. The van der Waals surface area contributed by atoms with Crippen LogP contribution in [-0.2, 0) is 16.0 Å². The number of carboxylic acid groups (broad SMARTS) is 1. The molecule has 1 atom stereocenters. The van der Waals surface area contributed by atoms with Crippen LogP contribution < -0.4 is 10.6 Å². The molecule has 1 heterocycles. The fourth-order valence-corrected chi connectivity index (χ4v) is 4.60. The number of aliphatic carboxylic acids is 1. The normalized spacial score (nSPS) is 12.1.